The molecule has 3 aromatic carbocycles. The highest BCUT2D eigenvalue weighted by Gasteiger charge is 2.26. The van der Waals surface area contributed by atoms with Gasteiger partial charge in [-0.3, -0.25) is 0 Å². The molecule has 0 heterocycles. The standard InChI is InChI=1S/C45H60O8/c1-8-11-12-14-34-16-19-37(20-17-34)39-28-42(51-24-26-53-44(49)33(6)7)40(29-41(39)50-23-25-52-43(48)32(4)5)38-21-18-35(27-36(38)9-2)15-13-22-45(10-3,30-46)31-47/h16-21,27-29,46-47H,4,6,8-15,22-26,30-31H2,1-3,5,7H3. The van der Waals surface area contributed by atoms with E-state index in [0.29, 0.717) is 29.1 Å². The van der Waals surface area contributed by atoms with Gasteiger partial charge in [-0.05, 0) is 98.7 Å². The van der Waals surface area contributed by atoms with E-state index in [1.165, 1.54) is 24.0 Å². The molecular formula is C45H60O8. The fourth-order valence-electron chi connectivity index (χ4n) is 6.12. The predicted molar refractivity (Wildman–Crippen MR) is 212 cm³/mol. The van der Waals surface area contributed by atoms with Crippen LogP contribution in [0.2, 0.25) is 0 Å². The molecule has 8 nitrogen and oxygen atoms in total. The van der Waals surface area contributed by atoms with Crippen LogP contribution >= 0.6 is 0 Å². The van der Waals surface area contributed by atoms with Gasteiger partial charge in [-0.25, -0.2) is 9.59 Å². The fourth-order valence-corrected chi connectivity index (χ4v) is 6.12. The number of carbonyl (C=O) groups is 2. The van der Waals surface area contributed by atoms with Crippen LogP contribution in [-0.2, 0) is 38.3 Å². The molecular weight excluding hydrogens is 668 g/mol. The minimum absolute atomic E-state index is 0.0336. The Kier molecular flexibility index (Phi) is 17.8. The summed E-state index contributed by atoms with van der Waals surface area (Å²) >= 11 is 0. The first-order valence-electron chi connectivity index (χ1n) is 19.0. The van der Waals surface area contributed by atoms with E-state index in [0.717, 1.165) is 66.3 Å². The van der Waals surface area contributed by atoms with Crippen LogP contribution in [0.3, 0.4) is 0 Å². The van der Waals surface area contributed by atoms with Crippen molar-refractivity contribution < 1.29 is 38.7 Å². The molecule has 3 rings (SSSR count). The molecule has 0 aliphatic rings. The van der Waals surface area contributed by atoms with E-state index in [1.54, 1.807) is 13.8 Å². The molecule has 0 saturated carbocycles. The van der Waals surface area contributed by atoms with Gasteiger partial charge in [0.2, 0.25) is 0 Å². The summed E-state index contributed by atoms with van der Waals surface area (Å²) < 4.78 is 23.4. The molecule has 0 unspecified atom stereocenters. The van der Waals surface area contributed by atoms with E-state index < -0.39 is 17.4 Å². The van der Waals surface area contributed by atoms with Crippen molar-refractivity contribution in [2.45, 2.75) is 92.4 Å². The zero-order chi connectivity index (χ0) is 38.8. The quantitative estimate of drug-likeness (QED) is 0.0534. The van der Waals surface area contributed by atoms with Crippen molar-refractivity contribution in [1.29, 1.82) is 0 Å². The molecule has 0 aromatic heterocycles. The highest BCUT2D eigenvalue weighted by molar-refractivity contribution is 5.87. The van der Waals surface area contributed by atoms with Gasteiger partial charge < -0.3 is 29.2 Å². The van der Waals surface area contributed by atoms with Crippen LogP contribution in [0.4, 0.5) is 0 Å². The predicted octanol–water partition coefficient (Wildman–Crippen LogP) is 9.02. The lowest BCUT2D eigenvalue weighted by atomic mass is 9.81. The maximum atomic E-state index is 12.1. The second kappa shape index (κ2) is 22.0. The Bertz CT molecular complexity index is 1640. The molecule has 53 heavy (non-hydrogen) atoms. The smallest absolute Gasteiger partial charge is 0.333 e. The van der Waals surface area contributed by atoms with Gasteiger partial charge in [-0.2, -0.15) is 0 Å². The molecule has 3 aromatic rings. The van der Waals surface area contributed by atoms with Crippen molar-refractivity contribution in [2.24, 2.45) is 5.41 Å². The first kappa shape index (κ1) is 43.0. The van der Waals surface area contributed by atoms with Gasteiger partial charge in [0.15, 0.2) is 0 Å². The van der Waals surface area contributed by atoms with Crippen LogP contribution in [0.15, 0.2) is 78.9 Å². The number of esters is 2. The van der Waals surface area contributed by atoms with Gasteiger partial charge in [0.1, 0.15) is 37.9 Å². The van der Waals surface area contributed by atoms with Crippen molar-refractivity contribution in [2.75, 3.05) is 39.6 Å². The van der Waals surface area contributed by atoms with Gasteiger partial charge in [-0.15, -0.1) is 0 Å². The Balaban J connectivity index is 2.06. The molecule has 0 bridgehead atoms. The Hall–Kier alpha value is -4.40. The highest BCUT2D eigenvalue weighted by Crippen LogP contribution is 2.43. The number of aliphatic hydroxyl groups is 2. The molecule has 2 N–H and O–H groups in total. The summed E-state index contributed by atoms with van der Waals surface area (Å²) in [7, 11) is 0. The lowest BCUT2D eigenvalue weighted by Crippen LogP contribution is -2.29. The summed E-state index contributed by atoms with van der Waals surface area (Å²) in [5.41, 5.74) is 7.31. The number of ether oxygens (including phenoxy) is 4. The number of unbranched alkanes of at least 4 members (excludes halogenated alkanes) is 2. The number of carbonyl (C=O) groups excluding carboxylic acids is 2. The second-order valence-corrected chi connectivity index (χ2v) is 13.9. The first-order chi connectivity index (χ1) is 25.5. The minimum Gasteiger partial charge on any atom is -0.489 e. The number of hydrogen-bond acceptors (Lipinski definition) is 8. The average Bonchev–Trinajstić information content (AvgIpc) is 3.17. The maximum absolute atomic E-state index is 12.1. The highest BCUT2D eigenvalue weighted by atomic mass is 16.6. The van der Waals surface area contributed by atoms with Crippen molar-refractivity contribution in [3.63, 3.8) is 0 Å². The second-order valence-electron chi connectivity index (χ2n) is 13.9. The molecule has 0 aliphatic carbocycles. The van der Waals surface area contributed by atoms with Crippen LogP contribution in [0, 0.1) is 5.41 Å². The summed E-state index contributed by atoms with van der Waals surface area (Å²) in [6.45, 7) is 17.2. The van der Waals surface area contributed by atoms with Gasteiger partial charge in [-0.1, -0.05) is 89.2 Å². The monoisotopic (exact) mass is 728 g/mol. The summed E-state index contributed by atoms with van der Waals surface area (Å²) in [5.74, 6) is 0.287. The minimum atomic E-state index is -0.470. The molecule has 0 spiro atoms. The Morgan fingerprint density at radius 2 is 1.21 bits per heavy atom. The zero-order valence-corrected chi connectivity index (χ0v) is 32.6. The molecule has 288 valence electrons. The van der Waals surface area contributed by atoms with Gasteiger partial charge >= 0.3 is 11.9 Å². The number of aliphatic hydroxyl groups excluding tert-OH is 2. The summed E-state index contributed by atoms with van der Waals surface area (Å²) in [5, 5.41) is 19.8. The van der Waals surface area contributed by atoms with E-state index in [9.17, 15) is 19.8 Å². The summed E-state index contributed by atoms with van der Waals surface area (Å²) in [4.78, 5) is 24.1. The summed E-state index contributed by atoms with van der Waals surface area (Å²) in [6, 6.07) is 18.9. The van der Waals surface area contributed by atoms with Crippen molar-refractivity contribution in [3.05, 3.63) is 95.6 Å². The third kappa shape index (κ3) is 12.9. The lowest BCUT2D eigenvalue weighted by Gasteiger charge is -2.28. The van der Waals surface area contributed by atoms with Gasteiger partial charge in [0, 0.05) is 27.7 Å². The van der Waals surface area contributed by atoms with Crippen molar-refractivity contribution >= 4 is 11.9 Å². The van der Waals surface area contributed by atoms with Crippen molar-refractivity contribution in [1.82, 2.24) is 0 Å². The van der Waals surface area contributed by atoms with E-state index in [-0.39, 0.29) is 39.6 Å². The van der Waals surface area contributed by atoms with E-state index in [2.05, 4.69) is 69.5 Å². The van der Waals surface area contributed by atoms with Crippen LogP contribution in [-0.4, -0.2) is 61.8 Å². The largest absolute Gasteiger partial charge is 0.489 e. The third-order valence-corrected chi connectivity index (χ3v) is 9.69. The number of aryl methyl sites for hydroxylation is 3. The van der Waals surface area contributed by atoms with E-state index in [4.69, 9.17) is 18.9 Å². The topological polar surface area (TPSA) is 112 Å². The van der Waals surface area contributed by atoms with Crippen LogP contribution in [0.5, 0.6) is 11.5 Å². The lowest BCUT2D eigenvalue weighted by molar-refractivity contribution is -0.140. The zero-order valence-electron chi connectivity index (χ0n) is 32.6. The normalized spacial score (nSPS) is 11.2. The van der Waals surface area contributed by atoms with Gasteiger partial charge in [0.05, 0.1) is 13.2 Å². The number of hydrogen-bond donors (Lipinski definition) is 2. The van der Waals surface area contributed by atoms with E-state index in [1.807, 2.05) is 19.1 Å². The molecule has 0 radical (unpaired) electrons. The average molecular weight is 729 g/mol. The Morgan fingerprint density at radius 3 is 1.74 bits per heavy atom. The molecule has 0 saturated heterocycles. The number of rotatable bonds is 24. The summed E-state index contributed by atoms with van der Waals surface area (Å²) in [6.07, 6.45) is 8.38. The molecule has 0 fully saturated rings. The first-order valence-corrected chi connectivity index (χ1v) is 19.0. The number of benzene rings is 3. The fraction of sp³-hybridized carbons (Fsp3) is 0.467. The molecule has 0 aliphatic heterocycles. The van der Waals surface area contributed by atoms with Crippen LogP contribution in [0.1, 0.15) is 89.8 Å². The molecule has 8 heteroatoms. The van der Waals surface area contributed by atoms with Crippen LogP contribution < -0.4 is 9.47 Å². The Morgan fingerprint density at radius 1 is 0.660 bits per heavy atom. The Labute approximate surface area is 316 Å². The molecule has 0 amide bonds. The SMILES string of the molecule is C=C(C)C(=O)OCCOc1cc(-c2ccc(CCCC(CC)(CO)CO)cc2CC)c(OCCOC(=O)C(=C)C)cc1-c1ccc(CCCCC)cc1. The maximum Gasteiger partial charge on any atom is 0.333 e. The van der Waals surface area contributed by atoms with Gasteiger partial charge in [0.25, 0.3) is 0 Å². The van der Waals surface area contributed by atoms with E-state index >= 15 is 0 Å². The molecule has 0 atom stereocenters. The third-order valence-electron chi connectivity index (χ3n) is 9.69. The van der Waals surface area contributed by atoms with Crippen LogP contribution in [0.25, 0.3) is 22.3 Å². The van der Waals surface area contributed by atoms with Crippen molar-refractivity contribution in [3.8, 4) is 33.8 Å².